The summed E-state index contributed by atoms with van der Waals surface area (Å²) in [5.74, 6) is 1.27. The van der Waals surface area contributed by atoms with E-state index in [1.54, 1.807) is 36.5 Å². The van der Waals surface area contributed by atoms with Gasteiger partial charge in [0.15, 0.2) is 11.5 Å². The average molecular weight is 602 g/mol. The highest BCUT2D eigenvalue weighted by Crippen LogP contribution is 2.37. The number of carbonyl (C=O) groups is 1. The lowest BCUT2D eigenvalue weighted by atomic mass is 10.2. The van der Waals surface area contributed by atoms with E-state index in [1.165, 1.54) is 33.2 Å². The summed E-state index contributed by atoms with van der Waals surface area (Å²) >= 11 is 6.75. The molecule has 9 nitrogen and oxygen atoms in total. The third kappa shape index (κ3) is 4.86. The SMILES string of the molecule is O=C1/C(=C\c2c(N3CCN(c4ccc(F)cc4)CC3)nc3ccccn3c2=O)SC(=S)N1Cc1ccc2c(c1)OCO2. The fraction of sp³-hybridized carbons (Fsp3) is 0.200. The lowest BCUT2D eigenvalue weighted by Gasteiger charge is -2.37. The van der Waals surface area contributed by atoms with Gasteiger partial charge in [-0.3, -0.25) is 18.9 Å². The van der Waals surface area contributed by atoms with Crippen LogP contribution >= 0.6 is 24.0 Å². The summed E-state index contributed by atoms with van der Waals surface area (Å²) in [6.07, 6.45) is 3.29. The third-order valence-corrected chi connectivity index (χ3v) is 8.82. The maximum atomic E-state index is 13.8. The topological polar surface area (TPSA) is 79.6 Å². The van der Waals surface area contributed by atoms with Gasteiger partial charge in [0, 0.05) is 38.1 Å². The second-order valence-corrected chi connectivity index (χ2v) is 11.7. The number of aromatic nitrogens is 2. The molecule has 5 heterocycles. The van der Waals surface area contributed by atoms with Crippen LogP contribution in [-0.2, 0) is 11.3 Å². The van der Waals surface area contributed by atoms with Crippen molar-refractivity contribution in [2.24, 2.45) is 0 Å². The van der Waals surface area contributed by atoms with E-state index in [1.807, 2.05) is 24.3 Å². The van der Waals surface area contributed by atoms with Gasteiger partial charge < -0.3 is 19.3 Å². The van der Waals surface area contributed by atoms with Gasteiger partial charge in [0.1, 0.15) is 21.6 Å². The quantitative estimate of drug-likeness (QED) is 0.246. The first-order chi connectivity index (χ1) is 20.4. The van der Waals surface area contributed by atoms with Crippen molar-refractivity contribution >= 4 is 57.4 Å². The zero-order valence-electron chi connectivity index (χ0n) is 22.2. The minimum absolute atomic E-state index is 0.168. The van der Waals surface area contributed by atoms with Gasteiger partial charge in [-0.1, -0.05) is 36.1 Å². The molecule has 12 heteroatoms. The second kappa shape index (κ2) is 10.8. The van der Waals surface area contributed by atoms with Crippen molar-refractivity contribution in [3.05, 3.63) is 99.1 Å². The van der Waals surface area contributed by atoms with Crippen molar-refractivity contribution in [2.75, 3.05) is 42.8 Å². The summed E-state index contributed by atoms with van der Waals surface area (Å²) in [6.45, 7) is 2.96. The van der Waals surface area contributed by atoms with Crippen LogP contribution < -0.4 is 24.8 Å². The first kappa shape index (κ1) is 26.5. The number of piperazine rings is 1. The van der Waals surface area contributed by atoms with Crippen LogP contribution in [0.1, 0.15) is 11.1 Å². The molecule has 2 aromatic carbocycles. The molecule has 212 valence electrons. The predicted octanol–water partition coefficient (Wildman–Crippen LogP) is 4.29. The van der Waals surface area contributed by atoms with Gasteiger partial charge in [-0.2, -0.15) is 0 Å². The number of halogens is 1. The summed E-state index contributed by atoms with van der Waals surface area (Å²) in [5, 5.41) is 0. The normalized spacial score (nSPS) is 17.6. The van der Waals surface area contributed by atoms with Crippen molar-refractivity contribution in [3.63, 3.8) is 0 Å². The van der Waals surface area contributed by atoms with Gasteiger partial charge in [-0.15, -0.1) is 0 Å². The Balaban J connectivity index is 1.19. The molecule has 0 radical (unpaired) electrons. The van der Waals surface area contributed by atoms with Crippen LogP contribution in [-0.4, -0.2) is 57.5 Å². The van der Waals surface area contributed by atoms with E-state index >= 15 is 0 Å². The third-order valence-electron chi connectivity index (χ3n) is 7.45. The Hall–Kier alpha value is -4.42. The molecule has 0 saturated carbocycles. The second-order valence-electron chi connectivity index (χ2n) is 9.99. The van der Waals surface area contributed by atoms with Crippen LogP contribution in [0.5, 0.6) is 11.5 Å². The van der Waals surface area contributed by atoms with E-state index in [0.717, 1.165) is 11.3 Å². The van der Waals surface area contributed by atoms with E-state index in [4.69, 9.17) is 26.7 Å². The molecule has 7 rings (SSSR count). The van der Waals surface area contributed by atoms with Gasteiger partial charge in [0.25, 0.3) is 11.5 Å². The van der Waals surface area contributed by atoms with Gasteiger partial charge in [-0.05, 0) is 60.2 Å². The molecule has 0 unspecified atom stereocenters. The van der Waals surface area contributed by atoms with Crippen molar-refractivity contribution < 1.29 is 18.7 Å². The molecule has 0 aliphatic carbocycles. The predicted molar refractivity (Wildman–Crippen MR) is 164 cm³/mol. The molecule has 0 N–H and O–H groups in total. The molecule has 3 aliphatic heterocycles. The van der Waals surface area contributed by atoms with E-state index in [9.17, 15) is 14.0 Å². The number of nitrogens with zero attached hydrogens (tertiary/aromatic N) is 5. The zero-order chi connectivity index (χ0) is 28.8. The Morgan fingerprint density at radius 2 is 1.71 bits per heavy atom. The maximum absolute atomic E-state index is 13.8. The van der Waals surface area contributed by atoms with Gasteiger partial charge in [0.2, 0.25) is 6.79 Å². The zero-order valence-corrected chi connectivity index (χ0v) is 23.9. The molecule has 2 saturated heterocycles. The number of hydrogen-bond acceptors (Lipinski definition) is 9. The van der Waals surface area contributed by atoms with E-state index in [-0.39, 0.29) is 30.6 Å². The number of benzene rings is 2. The molecule has 1 amide bonds. The van der Waals surface area contributed by atoms with Crippen LogP contribution in [0.4, 0.5) is 15.9 Å². The lowest BCUT2D eigenvalue weighted by molar-refractivity contribution is -0.122. The number of thiocarbonyl (C=S) groups is 1. The number of amides is 1. The lowest BCUT2D eigenvalue weighted by Crippen LogP contribution is -2.47. The van der Waals surface area contributed by atoms with Crippen LogP contribution in [0.25, 0.3) is 11.7 Å². The molecule has 42 heavy (non-hydrogen) atoms. The van der Waals surface area contributed by atoms with Crippen LogP contribution in [0.2, 0.25) is 0 Å². The fourth-order valence-electron chi connectivity index (χ4n) is 5.28. The highest BCUT2D eigenvalue weighted by molar-refractivity contribution is 8.26. The molecule has 0 bridgehead atoms. The smallest absolute Gasteiger partial charge is 0.267 e. The highest BCUT2D eigenvalue weighted by atomic mass is 32.2. The number of carbonyl (C=O) groups excluding carboxylic acids is 1. The number of rotatable bonds is 5. The molecular weight excluding hydrogens is 577 g/mol. The molecule has 0 atom stereocenters. The Morgan fingerprint density at radius 1 is 0.952 bits per heavy atom. The van der Waals surface area contributed by atoms with Gasteiger partial charge in [-0.25, -0.2) is 9.37 Å². The average Bonchev–Trinajstić information content (AvgIpc) is 3.58. The Bertz CT molecular complexity index is 1820. The van der Waals surface area contributed by atoms with Gasteiger partial charge >= 0.3 is 0 Å². The number of ether oxygens (including phenoxy) is 2. The van der Waals surface area contributed by atoms with Crippen molar-refractivity contribution in [1.82, 2.24) is 14.3 Å². The van der Waals surface area contributed by atoms with Crippen LogP contribution in [0.15, 0.2) is 76.6 Å². The van der Waals surface area contributed by atoms with Crippen molar-refractivity contribution in [1.29, 1.82) is 0 Å². The molecule has 2 aromatic heterocycles. The molecule has 0 spiro atoms. The Kier molecular flexibility index (Phi) is 6.79. The number of hydrogen-bond donors (Lipinski definition) is 0. The summed E-state index contributed by atoms with van der Waals surface area (Å²) in [5.41, 5.74) is 2.37. The number of anilines is 2. The molecule has 2 fully saturated rings. The Labute approximate surface area is 249 Å². The number of pyridine rings is 1. The maximum Gasteiger partial charge on any atom is 0.267 e. The van der Waals surface area contributed by atoms with E-state index in [2.05, 4.69) is 9.80 Å². The minimum atomic E-state index is -0.274. The first-order valence-electron chi connectivity index (χ1n) is 13.4. The monoisotopic (exact) mass is 601 g/mol. The number of fused-ring (bicyclic) bond motifs is 2. The standard InChI is InChI=1S/C30H24FN5O4S2/c31-20-5-7-21(8-6-20)33-11-13-34(14-12-33)27-22(28(37)35-10-2-1-3-26(35)32-27)16-25-29(38)36(30(41)42-25)17-19-4-9-23-24(15-19)40-18-39-23/h1-10,15-16H,11-14,17-18H2/b25-16+. The van der Waals surface area contributed by atoms with E-state index in [0.29, 0.717) is 63.9 Å². The largest absolute Gasteiger partial charge is 0.454 e. The van der Waals surface area contributed by atoms with E-state index < -0.39 is 0 Å². The fourth-order valence-corrected chi connectivity index (χ4v) is 6.51. The van der Waals surface area contributed by atoms with Gasteiger partial charge in [0.05, 0.1) is 17.0 Å². The van der Waals surface area contributed by atoms with Crippen LogP contribution in [0.3, 0.4) is 0 Å². The highest BCUT2D eigenvalue weighted by Gasteiger charge is 2.33. The summed E-state index contributed by atoms with van der Waals surface area (Å²) < 4.78 is 26.2. The number of thioether (sulfide) groups is 1. The molecule has 3 aliphatic rings. The summed E-state index contributed by atoms with van der Waals surface area (Å²) in [6, 6.07) is 17.4. The summed E-state index contributed by atoms with van der Waals surface area (Å²) in [7, 11) is 0. The van der Waals surface area contributed by atoms with Crippen molar-refractivity contribution in [2.45, 2.75) is 6.54 Å². The minimum Gasteiger partial charge on any atom is -0.454 e. The molecule has 4 aromatic rings. The Morgan fingerprint density at radius 3 is 2.52 bits per heavy atom. The molecular formula is C30H24FN5O4S2. The summed E-state index contributed by atoms with van der Waals surface area (Å²) in [4.78, 5) is 38.3. The van der Waals surface area contributed by atoms with Crippen LogP contribution in [0, 0.1) is 5.82 Å². The first-order valence-corrected chi connectivity index (χ1v) is 14.6. The van der Waals surface area contributed by atoms with Crippen molar-refractivity contribution in [3.8, 4) is 11.5 Å².